The molecule has 0 atom stereocenters. The Morgan fingerprint density at radius 1 is 1.58 bits per heavy atom. The molecule has 1 aromatic rings. The number of rotatable bonds is 0. The summed E-state index contributed by atoms with van der Waals surface area (Å²) in [5, 5.41) is 0.905. The van der Waals surface area contributed by atoms with Gasteiger partial charge in [0.25, 0.3) is 0 Å². The standard InChI is InChI=1S/C9H6ClS.Sn.H/c10-8-5-9(11-6-8)4-3-7-1-2-7;;/h5,7H,1-2H2;;. The van der Waals surface area contributed by atoms with Gasteiger partial charge in [-0.3, -0.25) is 0 Å². The summed E-state index contributed by atoms with van der Waals surface area (Å²) in [5.41, 5.74) is 0. The van der Waals surface area contributed by atoms with E-state index < -0.39 is 0 Å². The van der Waals surface area contributed by atoms with Crippen molar-refractivity contribution in [2.24, 2.45) is 5.92 Å². The summed E-state index contributed by atoms with van der Waals surface area (Å²) >= 11 is 8.77. The maximum atomic E-state index is 5.94. The van der Waals surface area contributed by atoms with E-state index in [4.69, 9.17) is 11.6 Å². The summed E-state index contributed by atoms with van der Waals surface area (Å²) in [6.45, 7) is 0. The molecule has 1 fully saturated rings. The van der Waals surface area contributed by atoms with Crippen molar-refractivity contribution in [3.8, 4) is 11.8 Å². The summed E-state index contributed by atoms with van der Waals surface area (Å²) in [6, 6.07) is 1.99. The van der Waals surface area contributed by atoms with Gasteiger partial charge in [-0.25, -0.2) is 0 Å². The molecular weight excluding hydrogens is 294 g/mol. The molecule has 0 aromatic carbocycles. The summed E-state index contributed by atoms with van der Waals surface area (Å²) in [6.07, 6.45) is 2.58. The van der Waals surface area contributed by atoms with Gasteiger partial charge in [-0.05, 0) is 0 Å². The third kappa shape index (κ3) is 2.18. The van der Waals surface area contributed by atoms with Crippen LogP contribution in [0.1, 0.15) is 17.7 Å². The zero-order chi connectivity index (χ0) is 8.55. The van der Waals surface area contributed by atoms with Gasteiger partial charge in [-0.2, -0.15) is 0 Å². The van der Waals surface area contributed by atoms with Crippen molar-refractivity contribution in [1.82, 2.24) is 0 Å². The van der Waals surface area contributed by atoms with Crippen molar-refractivity contribution >= 4 is 48.4 Å². The molecular formula is C9H7ClSSn. The van der Waals surface area contributed by atoms with E-state index in [0.29, 0.717) is 5.92 Å². The van der Waals surface area contributed by atoms with Crippen LogP contribution in [0.3, 0.4) is 0 Å². The van der Waals surface area contributed by atoms with Crippen LogP contribution in [-0.2, 0) is 0 Å². The first-order valence-electron chi connectivity index (χ1n) is 3.82. The summed E-state index contributed by atoms with van der Waals surface area (Å²) in [4.78, 5) is 1.13. The third-order valence-electron chi connectivity index (χ3n) is 1.69. The van der Waals surface area contributed by atoms with E-state index in [1.54, 1.807) is 11.3 Å². The summed E-state index contributed by atoms with van der Waals surface area (Å²) in [7, 11) is 0. The number of hydrogen-bond donors (Lipinski definition) is 0. The molecule has 2 rings (SSSR count). The van der Waals surface area contributed by atoms with Crippen LogP contribution in [0.15, 0.2) is 6.07 Å². The van der Waals surface area contributed by atoms with Crippen LogP contribution in [0.25, 0.3) is 0 Å². The predicted octanol–water partition coefficient (Wildman–Crippen LogP) is 1.69. The second-order valence-electron chi connectivity index (χ2n) is 2.87. The van der Waals surface area contributed by atoms with Gasteiger partial charge in [0.1, 0.15) is 0 Å². The normalized spacial score (nSPS) is 15.5. The second-order valence-corrected chi connectivity index (χ2v) is 7.20. The van der Waals surface area contributed by atoms with E-state index in [1.807, 2.05) is 6.07 Å². The molecule has 0 aliphatic heterocycles. The number of hydrogen-bond acceptors (Lipinski definition) is 1. The SMILES string of the molecule is Clc1cc(C#CC2CC2)s[c]1[SnH]. The van der Waals surface area contributed by atoms with Gasteiger partial charge in [0.15, 0.2) is 0 Å². The Labute approximate surface area is 94.4 Å². The molecule has 12 heavy (non-hydrogen) atoms. The first-order valence-corrected chi connectivity index (χ1v) is 6.66. The van der Waals surface area contributed by atoms with Crippen molar-refractivity contribution in [2.45, 2.75) is 12.8 Å². The van der Waals surface area contributed by atoms with Crippen molar-refractivity contribution in [2.75, 3.05) is 0 Å². The molecule has 0 N–H and O–H groups in total. The molecule has 60 valence electrons. The number of halogens is 1. The monoisotopic (exact) mass is 302 g/mol. The van der Waals surface area contributed by atoms with Crippen LogP contribution in [0.2, 0.25) is 5.02 Å². The van der Waals surface area contributed by atoms with Gasteiger partial charge in [0.2, 0.25) is 0 Å². The molecule has 1 saturated carbocycles. The average Bonchev–Trinajstić information content (AvgIpc) is 2.78. The van der Waals surface area contributed by atoms with Crippen molar-refractivity contribution in [3.63, 3.8) is 0 Å². The fourth-order valence-electron chi connectivity index (χ4n) is 0.845. The quantitative estimate of drug-likeness (QED) is 0.505. The molecule has 0 spiro atoms. The van der Waals surface area contributed by atoms with E-state index in [0.717, 1.165) is 32.4 Å². The molecule has 1 aromatic heterocycles. The van der Waals surface area contributed by atoms with E-state index in [2.05, 4.69) is 11.8 Å². The fourth-order valence-corrected chi connectivity index (χ4v) is 3.14. The average molecular weight is 301 g/mol. The molecule has 0 nitrogen and oxygen atoms in total. The van der Waals surface area contributed by atoms with Gasteiger partial charge in [0.05, 0.1) is 0 Å². The van der Waals surface area contributed by atoms with Gasteiger partial charge in [-0.15, -0.1) is 0 Å². The molecule has 3 heteroatoms. The molecule has 1 aliphatic rings. The van der Waals surface area contributed by atoms with Crippen molar-refractivity contribution in [1.29, 1.82) is 0 Å². The molecule has 0 saturated heterocycles. The third-order valence-corrected chi connectivity index (χ3v) is 5.41. The molecule has 1 aliphatic carbocycles. The Kier molecular flexibility index (Phi) is 2.69. The zero-order valence-electron chi connectivity index (χ0n) is 6.43. The van der Waals surface area contributed by atoms with Crippen molar-refractivity contribution in [3.05, 3.63) is 16.0 Å². The Balaban J connectivity index is 2.18. The van der Waals surface area contributed by atoms with Gasteiger partial charge < -0.3 is 0 Å². The van der Waals surface area contributed by atoms with Gasteiger partial charge >= 0.3 is 94.9 Å². The van der Waals surface area contributed by atoms with Crippen LogP contribution in [0.5, 0.6) is 0 Å². The zero-order valence-corrected chi connectivity index (χ0v) is 11.3. The maximum absolute atomic E-state index is 5.94. The molecule has 1 heterocycles. The first-order chi connectivity index (χ1) is 5.75. The van der Waals surface area contributed by atoms with E-state index in [-0.39, 0.29) is 0 Å². The number of thiophene rings is 1. The molecule has 0 unspecified atom stereocenters. The Morgan fingerprint density at radius 3 is 2.83 bits per heavy atom. The van der Waals surface area contributed by atoms with Gasteiger partial charge in [-0.1, -0.05) is 0 Å². The first kappa shape index (κ1) is 8.93. The summed E-state index contributed by atoms with van der Waals surface area (Å²) in [5.74, 6) is 7.09. The van der Waals surface area contributed by atoms with E-state index in [1.165, 1.54) is 15.7 Å². The molecule has 2 radical (unpaired) electrons. The van der Waals surface area contributed by atoms with Crippen LogP contribution in [-0.4, -0.2) is 22.5 Å². The van der Waals surface area contributed by atoms with E-state index >= 15 is 0 Å². The second kappa shape index (κ2) is 3.61. The van der Waals surface area contributed by atoms with Gasteiger partial charge in [0, 0.05) is 0 Å². The summed E-state index contributed by atoms with van der Waals surface area (Å²) < 4.78 is 1.29. The Bertz CT molecular complexity index is 335. The fraction of sp³-hybridized carbons (Fsp3) is 0.333. The van der Waals surface area contributed by atoms with E-state index in [9.17, 15) is 0 Å². The van der Waals surface area contributed by atoms with Crippen molar-refractivity contribution < 1.29 is 0 Å². The minimum atomic E-state index is 0.683. The topological polar surface area (TPSA) is 0 Å². The molecule has 0 amide bonds. The predicted molar refractivity (Wildman–Crippen MR) is 55.7 cm³/mol. The minimum absolute atomic E-state index is 0.683. The van der Waals surface area contributed by atoms with Crippen LogP contribution >= 0.6 is 22.9 Å². The van der Waals surface area contributed by atoms with Crippen LogP contribution in [0.4, 0.5) is 0 Å². The Morgan fingerprint density at radius 2 is 2.33 bits per heavy atom. The molecule has 0 bridgehead atoms. The van der Waals surface area contributed by atoms with Crippen LogP contribution in [0, 0.1) is 17.8 Å². The Hall–Kier alpha value is 0.349. The van der Waals surface area contributed by atoms with Crippen LogP contribution < -0.4 is 2.89 Å².